The van der Waals surface area contributed by atoms with E-state index in [1.165, 1.54) is 0 Å². The molecule has 0 heterocycles. The SMILES string of the molecule is C[N+](C)(C)[C@H](CO)[C@@H](C(O)(Cl)Cl)[N+](C)(C)C. The molecule has 0 aliphatic rings. The van der Waals surface area contributed by atoms with Crippen molar-refractivity contribution in [3.8, 4) is 0 Å². The standard InChI is InChI=1S/C10H24Cl2N2O2/c1-13(2,3)8(7-15)9(10(11,12)16)14(4,5)6/h8-9,15-16H,7H2,1-6H3/q+2/t8-,9+/m1/s1. The Morgan fingerprint density at radius 3 is 1.44 bits per heavy atom. The van der Waals surface area contributed by atoms with Crippen LogP contribution in [0.5, 0.6) is 0 Å². The lowest BCUT2D eigenvalue weighted by Gasteiger charge is -2.46. The molecule has 0 amide bonds. The van der Waals surface area contributed by atoms with E-state index in [-0.39, 0.29) is 12.6 Å². The van der Waals surface area contributed by atoms with Gasteiger partial charge in [-0.3, -0.25) is 0 Å². The third kappa shape index (κ3) is 4.35. The molecule has 0 fully saturated rings. The van der Waals surface area contributed by atoms with Crippen molar-refractivity contribution in [3.05, 3.63) is 0 Å². The number of quaternary nitrogens is 2. The van der Waals surface area contributed by atoms with Gasteiger partial charge in [-0.05, 0) is 0 Å². The second kappa shape index (κ2) is 4.96. The number of aliphatic hydroxyl groups is 2. The summed E-state index contributed by atoms with van der Waals surface area (Å²) >= 11 is 11.7. The first-order chi connectivity index (χ1) is 6.81. The minimum atomic E-state index is -1.88. The number of nitrogens with zero attached hydrogens (tertiary/aromatic N) is 2. The molecule has 0 aromatic carbocycles. The van der Waals surface area contributed by atoms with Crippen molar-refractivity contribution < 1.29 is 19.2 Å². The molecule has 4 nitrogen and oxygen atoms in total. The molecular formula is C10H24Cl2N2O2+2. The molecule has 0 spiro atoms. The maximum absolute atomic E-state index is 9.87. The highest BCUT2D eigenvalue weighted by atomic mass is 35.5. The smallest absolute Gasteiger partial charge is 0.274 e. The van der Waals surface area contributed by atoms with Gasteiger partial charge in [0.05, 0.1) is 42.3 Å². The lowest BCUT2D eigenvalue weighted by atomic mass is 10.0. The highest BCUT2D eigenvalue weighted by molar-refractivity contribution is 6.47. The molecule has 0 bridgehead atoms. The second-order valence-electron chi connectivity index (χ2n) is 6.02. The van der Waals surface area contributed by atoms with Crippen LogP contribution in [0.15, 0.2) is 0 Å². The Labute approximate surface area is 108 Å². The maximum atomic E-state index is 9.87. The van der Waals surface area contributed by atoms with E-state index >= 15 is 0 Å². The first kappa shape index (κ1) is 16.4. The summed E-state index contributed by atoms with van der Waals surface area (Å²) in [6.45, 7) is -0.0918. The van der Waals surface area contributed by atoms with Gasteiger partial charge in [0.1, 0.15) is 6.61 Å². The van der Waals surface area contributed by atoms with Crippen molar-refractivity contribution in [1.29, 1.82) is 0 Å². The lowest BCUT2D eigenvalue weighted by molar-refractivity contribution is -0.967. The summed E-state index contributed by atoms with van der Waals surface area (Å²) in [5, 5.41) is 19.4. The molecule has 0 radical (unpaired) electrons. The Balaban J connectivity index is 5.35. The average molecular weight is 275 g/mol. The van der Waals surface area contributed by atoms with Gasteiger partial charge >= 0.3 is 0 Å². The molecule has 0 saturated heterocycles. The molecule has 2 N–H and O–H groups in total. The highest BCUT2D eigenvalue weighted by Crippen LogP contribution is 2.32. The van der Waals surface area contributed by atoms with Crippen molar-refractivity contribution in [1.82, 2.24) is 0 Å². The molecule has 0 unspecified atom stereocenters. The molecule has 0 aromatic rings. The van der Waals surface area contributed by atoms with Gasteiger partial charge in [0.25, 0.3) is 4.52 Å². The van der Waals surface area contributed by atoms with Crippen molar-refractivity contribution in [2.45, 2.75) is 16.6 Å². The zero-order valence-electron chi connectivity index (χ0n) is 10.9. The van der Waals surface area contributed by atoms with Crippen LogP contribution < -0.4 is 0 Å². The van der Waals surface area contributed by atoms with E-state index < -0.39 is 10.6 Å². The Kier molecular flexibility index (Phi) is 5.09. The number of hydrogen-bond acceptors (Lipinski definition) is 2. The van der Waals surface area contributed by atoms with Crippen molar-refractivity contribution >= 4 is 23.2 Å². The van der Waals surface area contributed by atoms with Crippen LogP contribution in [0.3, 0.4) is 0 Å². The molecule has 0 aromatic heterocycles. The van der Waals surface area contributed by atoms with Gasteiger partial charge in [-0.2, -0.15) is 0 Å². The van der Waals surface area contributed by atoms with E-state index in [1.807, 2.05) is 42.3 Å². The van der Waals surface area contributed by atoms with E-state index in [2.05, 4.69) is 0 Å². The van der Waals surface area contributed by atoms with Gasteiger partial charge in [0.2, 0.25) is 6.04 Å². The minimum Gasteiger partial charge on any atom is -0.390 e. The predicted octanol–water partition coefficient (Wildman–Crippen LogP) is 0.252. The van der Waals surface area contributed by atoms with E-state index in [4.69, 9.17) is 23.2 Å². The van der Waals surface area contributed by atoms with Crippen LogP contribution >= 0.6 is 23.2 Å². The van der Waals surface area contributed by atoms with Gasteiger partial charge in [0, 0.05) is 0 Å². The number of alkyl halides is 2. The quantitative estimate of drug-likeness (QED) is 0.558. The molecule has 2 atom stereocenters. The Morgan fingerprint density at radius 2 is 1.38 bits per heavy atom. The van der Waals surface area contributed by atoms with Crippen molar-refractivity contribution in [2.24, 2.45) is 0 Å². The summed E-state index contributed by atoms with van der Waals surface area (Å²) in [5.74, 6) is 0. The topological polar surface area (TPSA) is 40.5 Å². The number of rotatable bonds is 5. The third-order valence-corrected chi connectivity index (χ3v) is 3.18. The lowest BCUT2D eigenvalue weighted by Crippen LogP contribution is -2.68. The number of halogens is 2. The largest absolute Gasteiger partial charge is 0.390 e. The van der Waals surface area contributed by atoms with Gasteiger partial charge in [-0.25, -0.2) is 0 Å². The molecule has 98 valence electrons. The summed E-state index contributed by atoms with van der Waals surface area (Å²) in [7, 11) is 11.5. The maximum Gasteiger partial charge on any atom is 0.274 e. The van der Waals surface area contributed by atoms with E-state index in [0.717, 1.165) is 0 Å². The average Bonchev–Trinajstić information content (AvgIpc) is 1.91. The second-order valence-corrected chi connectivity index (χ2v) is 7.36. The fourth-order valence-corrected chi connectivity index (χ4v) is 2.86. The third-order valence-electron chi connectivity index (χ3n) is 2.74. The Morgan fingerprint density at radius 1 is 1.00 bits per heavy atom. The van der Waals surface area contributed by atoms with Gasteiger partial charge in [0.15, 0.2) is 6.04 Å². The van der Waals surface area contributed by atoms with E-state index in [1.54, 1.807) is 0 Å². The summed E-state index contributed by atoms with van der Waals surface area (Å²) in [6, 6.07) is -0.763. The zero-order chi connectivity index (χ0) is 13.4. The predicted molar refractivity (Wildman–Crippen MR) is 67.4 cm³/mol. The molecule has 0 rings (SSSR count). The normalized spacial score (nSPS) is 18.4. The summed E-state index contributed by atoms with van der Waals surface area (Å²) in [6.07, 6.45) is 0. The van der Waals surface area contributed by atoms with Crippen LogP contribution in [0, 0.1) is 0 Å². The molecule has 0 aliphatic carbocycles. The molecule has 0 saturated carbocycles. The Bertz CT molecular complexity index is 214. The summed E-state index contributed by atoms with van der Waals surface area (Å²) in [4.78, 5) is 0. The van der Waals surface area contributed by atoms with Crippen molar-refractivity contribution in [3.63, 3.8) is 0 Å². The first-order valence-corrected chi connectivity index (χ1v) is 5.90. The molecule has 16 heavy (non-hydrogen) atoms. The monoisotopic (exact) mass is 274 g/mol. The summed E-state index contributed by atoms with van der Waals surface area (Å²) < 4.78 is -1.04. The van der Waals surface area contributed by atoms with Gasteiger partial charge < -0.3 is 19.2 Å². The van der Waals surface area contributed by atoms with Crippen LogP contribution in [-0.2, 0) is 0 Å². The van der Waals surface area contributed by atoms with Crippen LogP contribution in [0.4, 0.5) is 0 Å². The van der Waals surface area contributed by atoms with Gasteiger partial charge in [-0.15, -0.1) is 0 Å². The fraction of sp³-hybridized carbons (Fsp3) is 1.00. The van der Waals surface area contributed by atoms with E-state index in [0.29, 0.717) is 8.97 Å². The van der Waals surface area contributed by atoms with Crippen LogP contribution in [0.2, 0.25) is 0 Å². The Hall–Kier alpha value is 0.420. The molecule has 6 heteroatoms. The first-order valence-electron chi connectivity index (χ1n) is 5.15. The van der Waals surface area contributed by atoms with Crippen molar-refractivity contribution in [2.75, 3.05) is 48.9 Å². The number of hydrogen-bond donors (Lipinski definition) is 2. The summed E-state index contributed by atoms with van der Waals surface area (Å²) in [5.41, 5.74) is 0. The van der Waals surface area contributed by atoms with Crippen LogP contribution in [0.25, 0.3) is 0 Å². The van der Waals surface area contributed by atoms with Crippen LogP contribution in [0.1, 0.15) is 0 Å². The zero-order valence-corrected chi connectivity index (χ0v) is 12.4. The number of aliphatic hydroxyl groups excluding tert-OH is 1. The highest BCUT2D eigenvalue weighted by Gasteiger charge is 2.53. The number of likely N-dealkylation sites (N-methyl/N-ethyl adjacent to an activating group) is 2. The fourth-order valence-electron chi connectivity index (χ4n) is 1.98. The minimum absolute atomic E-state index is 0.0918. The van der Waals surface area contributed by atoms with Crippen LogP contribution in [-0.4, -0.2) is 84.7 Å². The molecular weight excluding hydrogens is 251 g/mol. The van der Waals surface area contributed by atoms with E-state index in [9.17, 15) is 10.2 Å². The van der Waals surface area contributed by atoms with Gasteiger partial charge in [-0.1, -0.05) is 23.2 Å². The molecule has 0 aliphatic heterocycles.